The number of para-hydroxylation sites is 2. The number of carbonyl (C=O) groups excluding carboxylic acids is 1. The van der Waals surface area contributed by atoms with Crippen LogP contribution in [0.1, 0.15) is 6.92 Å². The summed E-state index contributed by atoms with van der Waals surface area (Å²) in [7, 11) is 0. The zero-order valence-corrected chi connectivity index (χ0v) is 9.67. The van der Waals surface area contributed by atoms with E-state index in [9.17, 15) is 9.90 Å². The Morgan fingerprint density at radius 1 is 1.53 bits per heavy atom. The third-order valence-corrected chi connectivity index (χ3v) is 2.74. The number of β-amino-alcohol motifs (C(OH)–C–C–N with tert-alkyl or cyclic N) is 1. The molecule has 5 heteroatoms. The highest BCUT2D eigenvalue weighted by Gasteiger charge is 2.31. The number of carbonyl (C=O) groups is 1. The number of amides is 1. The van der Waals surface area contributed by atoms with Crippen molar-refractivity contribution in [2.24, 2.45) is 5.73 Å². The number of nitrogens with two attached hydrogens (primary N) is 1. The summed E-state index contributed by atoms with van der Waals surface area (Å²) in [5.41, 5.74) is 6.05. The van der Waals surface area contributed by atoms with E-state index in [0.717, 1.165) is 0 Å². The molecule has 1 aliphatic heterocycles. The molecule has 2 unspecified atom stereocenters. The molecule has 2 atom stereocenters. The minimum Gasteiger partial charge on any atom is -0.479 e. The number of hydrogen-bond acceptors (Lipinski definition) is 4. The molecule has 0 radical (unpaired) electrons. The lowest BCUT2D eigenvalue weighted by Gasteiger charge is -2.33. The maximum atomic E-state index is 12.0. The maximum absolute atomic E-state index is 12.0. The molecule has 0 saturated heterocycles. The van der Waals surface area contributed by atoms with Gasteiger partial charge in [-0.1, -0.05) is 12.1 Å². The quantitative estimate of drug-likeness (QED) is 0.781. The lowest BCUT2D eigenvalue weighted by atomic mass is 10.1. The van der Waals surface area contributed by atoms with Gasteiger partial charge in [-0.25, -0.2) is 0 Å². The molecule has 17 heavy (non-hydrogen) atoms. The molecule has 1 aromatic rings. The molecular weight excluding hydrogens is 220 g/mol. The molecule has 1 aliphatic rings. The lowest BCUT2D eigenvalue weighted by Crippen LogP contribution is -2.48. The van der Waals surface area contributed by atoms with Crippen LogP contribution in [0.15, 0.2) is 24.3 Å². The number of fused-ring (bicyclic) bond motifs is 1. The van der Waals surface area contributed by atoms with Crippen LogP contribution in [-0.4, -0.2) is 36.3 Å². The Labute approximate surface area is 99.8 Å². The fourth-order valence-corrected chi connectivity index (χ4v) is 1.83. The van der Waals surface area contributed by atoms with Crippen molar-refractivity contribution in [1.82, 2.24) is 0 Å². The standard InChI is InChI=1S/C12H16N2O3/c1-8-12(16)14(7-9(15)6-13)10-4-2-3-5-11(10)17-8/h2-5,8-9,15H,6-7,13H2,1H3. The average molecular weight is 236 g/mol. The van der Waals surface area contributed by atoms with Crippen molar-refractivity contribution in [3.8, 4) is 5.75 Å². The van der Waals surface area contributed by atoms with Gasteiger partial charge in [0.25, 0.3) is 5.91 Å². The first kappa shape index (κ1) is 11.9. The topological polar surface area (TPSA) is 75.8 Å². The molecule has 92 valence electrons. The Morgan fingerprint density at radius 2 is 2.24 bits per heavy atom. The second-order valence-corrected chi connectivity index (χ2v) is 4.07. The Bertz CT molecular complexity index is 422. The van der Waals surface area contributed by atoms with Gasteiger partial charge in [0.1, 0.15) is 5.75 Å². The molecule has 1 heterocycles. The summed E-state index contributed by atoms with van der Waals surface area (Å²) < 4.78 is 5.49. The monoisotopic (exact) mass is 236 g/mol. The third-order valence-electron chi connectivity index (χ3n) is 2.74. The normalized spacial score (nSPS) is 20.8. The van der Waals surface area contributed by atoms with E-state index >= 15 is 0 Å². The van der Waals surface area contributed by atoms with Crippen molar-refractivity contribution in [3.63, 3.8) is 0 Å². The van der Waals surface area contributed by atoms with E-state index in [1.54, 1.807) is 19.1 Å². The summed E-state index contributed by atoms with van der Waals surface area (Å²) in [5, 5.41) is 9.58. The van der Waals surface area contributed by atoms with Gasteiger partial charge in [0, 0.05) is 6.54 Å². The van der Waals surface area contributed by atoms with E-state index in [1.165, 1.54) is 4.90 Å². The molecule has 0 bridgehead atoms. The van der Waals surface area contributed by atoms with Gasteiger partial charge in [0.15, 0.2) is 6.10 Å². The minimum absolute atomic E-state index is 0.126. The van der Waals surface area contributed by atoms with Gasteiger partial charge in [-0.15, -0.1) is 0 Å². The second kappa shape index (κ2) is 4.73. The molecule has 0 fully saturated rings. The second-order valence-electron chi connectivity index (χ2n) is 4.07. The van der Waals surface area contributed by atoms with Crippen LogP contribution in [0.5, 0.6) is 5.75 Å². The number of aliphatic hydroxyl groups is 1. The summed E-state index contributed by atoms with van der Waals surface area (Å²) in [6, 6.07) is 7.27. The van der Waals surface area contributed by atoms with E-state index in [2.05, 4.69) is 0 Å². The summed E-state index contributed by atoms with van der Waals surface area (Å²) in [4.78, 5) is 13.5. The number of benzene rings is 1. The molecule has 0 aromatic heterocycles. The van der Waals surface area contributed by atoms with Gasteiger partial charge in [-0.3, -0.25) is 4.79 Å². The van der Waals surface area contributed by atoms with Gasteiger partial charge in [0.2, 0.25) is 0 Å². The minimum atomic E-state index is -0.725. The molecular formula is C12H16N2O3. The smallest absolute Gasteiger partial charge is 0.267 e. The van der Waals surface area contributed by atoms with E-state index in [0.29, 0.717) is 11.4 Å². The number of nitrogens with zero attached hydrogens (tertiary/aromatic N) is 1. The van der Waals surface area contributed by atoms with Crippen molar-refractivity contribution < 1.29 is 14.6 Å². The molecule has 0 aliphatic carbocycles. The van der Waals surface area contributed by atoms with E-state index in [-0.39, 0.29) is 19.0 Å². The van der Waals surface area contributed by atoms with Crippen LogP contribution in [0.3, 0.4) is 0 Å². The van der Waals surface area contributed by atoms with Crippen LogP contribution >= 0.6 is 0 Å². The SMILES string of the molecule is CC1Oc2ccccc2N(CC(O)CN)C1=O. The number of aliphatic hydroxyl groups excluding tert-OH is 1. The Kier molecular flexibility index (Phi) is 3.31. The number of hydrogen-bond donors (Lipinski definition) is 2. The summed E-state index contributed by atoms with van der Waals surface area (Å²) in [5.74, 6) is 0.500. The van der Waals surface area contributed by atoms with Crippen molar-refractivity contribution in [2.45, 2.75) is 19.1 Å². The Hall–Kier alpha value is -1.59. The number of ether oxygens (including phenoxy) is 1. The molecule has 1 amide bonds. The molecule has 1 aromatic carbocycles. The summed E-state index contributed by atoms with van der Waals surface area (Å²) >= 11 is 0. The Balaban J connectivity index is 2.32. The van der Waals surface area contributed by atoms with Crippen LogP contribution < -0.4 is 15.4 Å². The van der Waals surface area contributed by atoms with E-state index in [4.69, 9.17) is 10.5 Å². The number of rotatable bonds is 3. The van der Waals surface area contributed by atoms with E-state index < -0.39 is 12.2 Å². The van der Waals surface area contributed by atoms with E-state index in [1.807, 2.05) is 12.1 Å². The predicted octanol–water partition coefficient (Wildman–Crippen LogP) is 0.120. The predicted molar refractivity (Wildman–Crippen MR) is 63.9 cm³/mol. The fourth-order valence-electron chi connectivity index (χ4n) is 1.83. The fraction of sp³-hybridized carbons (Fsp3) is 0.417. The number of anilines is 1. The molecule has 0 spiro atoms. The average Bonchev–Trinajstić information content (AvgIpc) is 2.34. The van der Waals surface area contributed by atoms with Crippen LogP contribution in [0, 0.1) is 0 Å². The summed E-state index contributed by atoms with van der Waals surface area (Å²) in [6.07, 6.45) is -1.26. The third kappa shape index (κ3) is 2.25. The highest BCUT2D eigenvalue weighted by Crippen LogP contribution is 2.33. The van der Waals surface area contributed by atoms with Crippen LogP contribution in [0.2, 0.25) is 0 Å². The van der Waals surface area contributed by atoms with Crippen LogP contribution in [0.25, 0.3) is 0 Å². The first-order valence-electron chi connectivity index (χ1n) is 5.58. The van der Waals surface area contributed by atoms with Crippen LogP contribution in [-0.2, 0) is 4.79 Å². The molecule has 2 rings (SSSR count). The van der Waals surface area contributed by atoms with Gasteiger partial charge < -0.3 is 20.5 Å². The van der Waals surface area contributed by atoms with Crippen molar-refractivity contribution in [2.75, 3.05) is 18.0 Å². The molecule has 3 N–H and O–H groups in total. The zero-order valence-electron chi connectivity index (χ0n) is 9.67. The lowest BCUT2D eigenvalue weighted by molar-refractivity contribution is -0.125. The molecule has 0 saturated carbocycles. The van der Waals surface area contributed by atoms with Gasteiger partial charge in [-0.05, 0) is 19.1 Å². The van der Waals surface area contributed by atoms with Crippen molar-refractivity contribution in [1.29, 1.82) is 0 Å². The van der Waals surface area contributed by atoms with Gasteiger partial charge >= 0.3 is 0 Å². The van der Waals surface area contributed by atoms with Gasteiger partial charge in [-0.2, -0.15) is 0 Å². The first-order chi connectivity index (χ1) is 8.13. The first-order valence-corrected chi connectivity index (χ1v) is 5.58. The largest absolute Gasteiger partial charge is 0.479 e. The van der Waals surface area contributed by atoms with Crippen LogP contribution in [0.4, 0.5) is 5.69 Å². The molecule has 5 nitrogen and oxygen atoms in total. The summed E-state index contributed by atoms with van der Waals surface area (Å²) in [6.45, 7) is 2.02. The highest BCUT2D eigenvalue weighted by molar-refractivity contribution is 5.99. The Morgan fingerprint density at radius 3 is 2.94 bits per heavy atom. The van der Waals surface area contributed by atoms with Crippen molar-refractivity contribution >= 4 is 11.6 Å². The van der Waals surface area contributed by atoms with Crippen molar-refractivity contribution in [3.05, 3.63) is 24.3 Å². The highest BCUT2D eigenvalue weighted by atomic mass is 16.5. The van der Waals surface area contributed by atoms with Gasteiger partial charge in [0.05, 0.1) is 18.3 Å². The maximum Gasteiger partial charge on any atom is 0.267 e. The zero-order chi connectivity index (χ0) is 12.4.